The summed E-state index contributed by atoms with van der Waals surface area (Å²) < 4.78 is 6.24. The van der Waals surface area contributed by atoms with Crippen molar-refractivity contribution in [2.45, 2.75) is 52.5 Å². The van der Waals surface area contributed by atoms with E-state index in [0.29, 0.717) is 25.8 Å². The molecule has 5 nitrogen and oxygen atoms in total. The number of nitrogens with zero attached hydrogens (tertiary/aromatic N) is 1. The predicted molar refractivity (Wildman–Crippen MR) is 104 cm³/mol. The molecule has 0 spiro atoms. The van der Waals surface area contributed by atoms with Crippen LogP contribution in [0.2, 0.25) is 0 Å². The summed E-state index contributed by atoms with van der Waals surface area (Å²) in [6.07, 6.45) is 3.27. The number of halogens is 1. The van der Waals surface area contributed by atoms with Crippen molar-refractivity contribution in [2.24, 2.45) is 0 Å². The molecule has 0 atom stereocenters. The third-order valence-corrected chi connectivity index (χ3v) is 4.35. The molecule has 0 aromatic heterocycles. The fourth-order valence-electron chi connectivity index (χ4n) is 2.63. The van der Waals surface area contributed by atoms with Crippen molar-refractivity contribution < 1.29 is 14.3 Å². The number of hydrogen-bond acceptors (Lipinski definition) is 3. The molecule has 1 rings (SSSR count). The van der Waals surface area contributed by atoms with Crippen LogP contribution in [0.15, 0.2) is 22.7 Å². The second kappa shape index (κ2) is 11.9. The maximum atomic E-state index is 12.2. The highest BCUT2D eigenvalue weighted by atomic mass is 79.9. The highest BCUT2D eigenvalue weighted by Crippen LogP contribution is 2.22. The summed E-state index contributed by atoms with van der Waals surface area (Å²) in [6.45, 7) is 6.13. The Kier molecular flexibility index (Phi) is 10.2. The number of benzene rings is 1. The molecule has 0 aliphatic carbocycles. The van der Waals surface area contributed by atoms with Gasteiger partial charge in [0.1, 0.15) is 5.75 Å². The first-order valence-corrected chi connectivity index (χ1v) is 9.68. The molecule has 6 heteroatoms. The summed E-state index contributed by atoms with van der Waals surface area (Å²) in [5, 5.41) is 2.89. The fraction of sp³-hybridized carbons (Fsp3) is 0.579. The quantitative estimate of drug-likeness (QED) is 0.599. The first kappa shape index (κ1) is 21.5. The molecule has 0 aliphatic heterocycles. The molecule has 0 radical (unpaired) electrons. The predicted octanol–water partition coefficient (Wildman–Crippen LogP) is 3.89. The van der Waals surface area contributed by atoms with Crippen molar-refractivity contribution in [2.75, 3.05) is 20.2 Å². The van der Waals surface area contributed by atoms with Gasteiger partial charge in [-0.05, 0) is 37.5 Å². The van der Waals surface area contributed by atoms with E-state index in [-0.39, 0.29) is 11.8 Å². The number of nitrogens with one attached hydrogen (secondary N) is 1. The Bertz CT molecular complexity index is 558. The molecule has 1 aromatic carbocycles. The van der Waals surface area contributed by atoms with E-state index in [4.69, 9.17) is 4.74 Å². The number of hydrogen-bond donors (Lipinski definition) is 1. The van der Waals surface area contributed by atoms with Crippen molar-refractivity contribution in [3.63, 3.8) is 0 Å². The SMILES string of the molecule is CCCN(CCC)C(=O)CCCC(=O)NCc1cc(Br)ccc1OC. The standard InChI is InChI=1S/C19H29BrN2O3/c1-4-11-22(12-5-2)19(24)8-6-7-18(23)21-14-15-13-16(20)9-10-17(15)25-3/h9-10,13H,4-8,11-12,14H2,1-3H3,(H,21,23). The summed E-state index contributed by atoms with van der Waals surface area (Å²) >= 11 is 3.42. The minimum Gasteiger partial charge on any atom is -0.496 e. The highest BCUT2D eigenvalue weighted by Gasteiger charge is 2.12. The van der Waals surface area contributed by atoms with E-state index in [1.54, 1.807) is 7.11 Å². The monoisotopic (exact) mass is 412 g/mol. The van der Waals surface area contributed by atoms with E-state index in [9.17, 15) is 9.59 Å². The van der Waals surface area contributed by atoms with Gasteiger partial charge in [0.2, 0.25) is 11.8 Å². The lowest BCUT2D eigenvalue weighted by molar-refractivity contribution is -0.131. The summed E-state index contributed by atoms with van der Waals surface area (Å²) in [6, 6.07) is 5.68. The minimum absolute atomic E-state index is 0.0487. The lowest BCUT2D eigenvalue weighted by Gasteiger charge is -2.21. The van der Waals surface area contributed by atoms with Crippen LogP contribution in [0.25, 0.3) is 0 Å². The van der Waals surface area contributed by atoms with Crippen LogP contribution in [0.3, 0.4) is 0 Å². The smallest absolute Gasteiger partial charge is 0.222 e. The molecule has 0 saturated carbocycles. The maximum absolute atomic E-state index is 12.2. The summed E-state index contributed by atoms with van der Waals surface area (Å²) in [5.74, 6) is 0.839. The van der Waals surface area contributed by atoms with Gasteiger partial charge < -0.3 is 15.0 Å². The van der Waals surface area contributed by atoms with E-state index in [1.807, 2.05) is 23.1 Å². The van der Waals surface area contributed by atoms with Gasteiger partial charge in [-0.1, -0.05) is 29.8 Å². The number of amides is 2. The number of carbonyl (C=O) groups is 2. The van der Waals surface area contributed by atoms with Crippen LogP contribution in [0.1, 0.15) is 51.5 Å². The van der Waals surface area contributed by atoms with Crippen LogP contribution in [0.5, 0.6) is 5.75 Å². The van der Waals surface area contributed by atoms with E-state index < -0.39 is 0 Å². The summed E-state index contributed by atoms with van der Waals surface area (Å²) in [7, 11) is 1.61. The Hall–Kier alpha value is -1.56. The zero-order valence-corrected chi connectivity index (χ0v) is 17.0. The van der Waals surface area contributed by atoms with E-state index in [1.165, 1.54) is 0 Å². The minimum atomic E-state index is -0.0487. The Morgan fingerprint density at radius 2 is 1.84 bits per heavy atom. The molecular formula is C19H29BrN2O3. The Morgan fingerprint density at radius 1 is 1.16 bits per heavy atom. The van der Waals surface area contributed by atoms with Crippen molar-refractivity contribution in [3.8, 4) is 5.75 Å². The molecule has 0 aliphatic rings. The molecule has 1 aromatic rings. The van der Waals surface area contributed by atoms with Gasteiger partial charge in [-0.15, -0.1) is 0 Å². The average molecular weight is 413 g/mol. The summed E-state index contributed by atoms with van der Waals surface area (Å²) in [5.41, 5.74) is 0.915. The molecule has 0 saturated heterocycles. The number of carbonyl (C=O) groups excluding carboxylic acids is 2. The van der Waals surface area contributed by atoms with Gasteiger partial charge in [0.15, 0.2) is 0 Å². The first-order chi connectivity index (χ1) is 12.0. The van der Waals surface area contributed by atoms with Crippen molar-refractivity contribution >= 4 is 27.7 Å². The molecule has 0 heterocycles. The lowest BCUT2D eigenvalue weighted by Crippen LogP contribution is -2.32. The van der Waals surface area contributed by atoms with Crippen LogP contribution in [-0.4, -0.2) is 36.9 Å². The third kappa shape index (κ3) is 7.90. The van der Waals surface area contributed by atoms with Gasteiger partial charge in [0.25, 0.3) is 0 Å². The van der Waals surface area contributed by atoms with Crippen LogP contribution in [0, 0.1) is 0 Å². The molecule has 1 N–H and O–H groups in total. The Labute approximate surface area is 159 Å². The normalized spacial score (nSPS) is 10.4. The zero-order chi connectivity index (χ0) is 18.7. The van der Waals surface area contributed by atoms with Crippen molar-refractivity contribution in [3.05, 3.63) is 28.2 Å². The van der Waals surface area contributed by atoms with Gasteiger partial charge in [0, 0.05) is 42.5 Å². The average Bonchev–Trinajstić information content (AvgIpc) is 2.59. The second-order valence-corrected chi connectivity index (χ2v) is 6.88. The molecule has 0 bridgehead atoms. The largest absolute Gasteiger partial charge is 0.496 e. The lowest BCUT2D eigenvalue weighted by atomic mass is 10.1. The third-order valence-electron chi connectivity index (χ3n) is 3.85. The highest BCUT2D eigenvalue weighted by molar-refractivity contribution is 9.10. The van der Waals surface area contributed by atoms with Crippen LogP contribution in [0.4, 0.5) is 0 Å². The maximum Gasteiger partial charge on any atom is 0.222 e. The van der Waals surface area contributed by atoms with E-state index >= 15 is 0 Å². The number of ether oxygens (including phenoxy) is 1. The number of rotatable bonds is 11. The molecule has 25 heavy (non-hydrogen) atoms. The van der Waals surface area contributed by atoms with Crippen molar-refractivity contribution in [1.82, 2.24) is 10.2 Å². The van der Waals surface area contributed by atoms with Gasteiger partial charge in [0.05, 0.1) is 7.11 Å². The van der Waals surface area contributed by atoms with Gasteiger partial charge in [-0.25, -0.2) is 0 Å². The second-order valence-electron chi connectivity index (χ2n) is 5.97. The molecular weight excluding hydrogens is 384 g/mol. The molecule has 2 amide bonds. The van der Waals surface area contributed by atoms with Gasteiger partial charge >= 0.3 is 0 Å². The van der Waals surface area contributed by atoms with E-state index in [0.717, 1.165) is 41.7 Å². The van der Waals surface area contributed by atoms with Crippen LogP contribution in [-0.2, 0) is 16.1 Å². The molecule has 0 unspecified atom stereocenters. The molecule has 140 valence electrons. The van der Waals surface area contributed by atoms with Crippen LogP contribution >= 0.6 is 15.9 Å². The summed E-state index contributed by atoms with van der Waals surface area (Å²) in [4.78, 5) is 26.1. The topological polar surface area (TPSA) is 58.6 Å². The van der Waals surface area contributed by atoms with E-state index in [2.05, 4.69) is 35.1 Å². The zero-order valence-electron chi connectivity index (χ0n) is 15.4. The van der Waals surface area contributed by atoms with Gasteiger partial charge in [-0.2, -0.15) is 0 Å². The Morgan fingerprint density at radius 3 is 2.44 bits per heavy atom. The van der Waals surface area contributed by atoms with Gasteiger partial charge in [-0.3, -0.25) is 9.59 Å². The first-order valence-electron chi connectivity index (χ1n) is 8.88. The van der Waals surface area contributed by atoms with Crippen molar-refractivity contribution in [1.29, 1.82) is 0 Å². The molecule has 0 fully saturated rings. The van der Waals surface area contributed by atoms with Crippen LogP contribution < -0.4 is 10.1 Å². The Balaban J connectivity index is 2.38. The fourth-order valence-corrected chi connectivity index (χ4v) is 3.04. The number of methoxy groups -OCH3 is 1.